The number of fused-ring (bicyclic) bond motifs is 1. The lowest BCUT2D eigenvalue weighted by Crippen LogP contribution is -2.72. The minimum Gasteiger partial charge on any atom is -0.480 e. The summed E-state index contributed by atoms with van der Waals surface area (Å²) in [5.74, 6) is -3.98. The molecule has 2 N–H and O–H groups in total. The van der Waals surface area contributed by atoms with Gasteiger partial charge in [-0.25, -0.2) is 9.59 Å². The number of piperazine rings is 1. The van der Waals surface area contributed by atoms with Crippen LogP contribution in [0.3, 0.4) is 0 Å². The zero-order valence-corrected chi connectivity index (χ0v) is 20.9. The van der Waals surface area contributed by atoms with E-state index in [-0.39, 0.29) is 13.1 Å². The van der Waals surface area contributed by atoms with Crippen LogP contribution in [-0.2, 0) is 24.0 Å². The van der Waals surface area contributed by atoms with E-state index in [1.165, 1.54) is 26.5 Å². The van der Waals surface area contributed by atoms with E-state index >= 15 is 0 Å². The molecule has 0 radical (unpaired) electrons. The normalized spacial score (nSPS) is 24.8. The average molecular weight is 518 g/mol. The van der Waals surface area contributed by atoms with Crippen LogP contribution in [0.5, 0.6) is 0 Å². The zero-order chi connectivity index (χ0) is 26.4. The maximum absolute atomic E-state index is 13.4. The Morgan fingerprint density at radius 1 is 1.11 bits per heavy atom. The van der Waals surface area contributed by atoms with Crippen molar-refractivity contribution in [2.45, 2.75) is 43.0 Å². The van der Waals surface area contributed by atoms with Crippen molar-refractivity contribution in [1.82, 2.24) is 20.0 Å². The third kappa shape index (κ3) is 4.16. The fourth-order valence-electron chi connectivity index (χ4n) is 4.78. The summed E-state index contributed by atoms with van der Waals surface area (Å²) >= 11 is 1.30. The van der Waals surface area contributed by atoms with Crippen LogP contribution in [0.4, 0.5) is 10.5 Å². The van der Waals surface area contributed by atoms with Crippen LogP contribution < -0.4 is 10.2 Å². The van der Waals surface area contributed by atoms with Crippen molar-refractivity contribution in [3.63, 3.8) is 0 Å². The number of urea groups is 1. The van der Waals surface area contributed by atoms with Crippen LogP contribution in [0.25, 0.3) is 0 Å². The van der Waals surface area contributed by atoms with E-state index < -0.39 is 64.4 Å². The summed E-state index contributed by atoms with van der Waals surface area (Å²) in [6.45, 7) is 5.22. The van der Waals surface area contributed by atoms with Gasteiger partial charge >= 0.3 is 23.8 Å². The number of hydrogen-bond acceptors (Lipinski definition) is 7. The number of hydrogen-bond donors (Lipinski definition) is 2. The number of carbonyl (C=O) groups is 6. The predicted molar refractivity (Wildman–Crippen MR) is 129 cm³/mol. The van der Waals surface area contributed by atoms with Crippen LogP contribution in [0, 0.1) is 0 Å². The molecule has 192 valence electrons. The first-order valence-electron chi connectivity index (χ1n) is 11.5. The van der Waals surface area contributed by atoms with E-state index in [4.69, 9.17) is 0 Å². The summed E-state index contributed by atoms with van der Waals surface area (Å²) in [6.07, 6.45) is 0. The SMILES string of the molecule is CCN1CCN(C(=O)NCC(=O)N(c2ccccc2)[C@@H]2C(=O)N3[C@@H]2SC(C)(C)[C@@H]3C(=O)O)C(=O)C1=O. The zero-order valence-electron chi connectivity index (χ0n) is 20.0. The number of imide groups is 1. The topological polar surface area (TPSA) is 148 Å². The minimum atomic E-state index is -1.12. The van der Waals surface area contributed by atoms with Gasteiger partial charge in [-0.15, -0.1) is 11.8 Å². The molecule has 0 aliphatic carbocycles. The molecule has 3 heterocycles. The number of β-lactam (4-membered cyclic amide) rings is 1. The average Bonchev–Trinajstić information content (AvgIpc) is 3.10. The quantitative estimate of drug-likeness (QED) is 0.394. The molecule has 1 aromatic rings. The number of carbonyl (C=O) groups excluding carboxylic acids is 5. The summed E-state index contributed by atoms with van der Waals surface area (Å²) in [6, 6.07) is 5.54. The molecule has 13 heteroatoms. The van der Waals surface area contributed by atoms with Crippen molar-refractivity contribution >= 4 is 53.1 Å². The highest BCUT2D eigenvalue weighted by Crippen LogP contribution is 2.52. The Kier molecular flexibility index (Phi) is 6.69. The molecule has 3 saturated heterocycles. The monoisotopic (exact) mass is 517 g/mol. The number of amides is 6. The Labute approximate surface area is 211 Å². The van der Waals surface area contributed by atoms with Crippen LogP contribution in [0.2, 0.25) is 0 Å². The predicted octanol–water partition coefficient (Wildman–Crippen LogP) is -0.0646. The highest BCUT2D eigenvalue weighted by molar-refractivity contribution is 8.01. The molecule has 0 bridgehead atoms. The van der Waals surface area contributed by atoms with Gasteiger partial charge in [-0.05, 0) is 32.9 Å². The summed E-state index contributed by atoms with van der Waals surface area (Å²) in [5.41, 5.74) is 0.412. The summed E-state index contributed by atoms with van der Waals surface area (Å²) in [5, 5.41) is 11.5. The van der Waals surface area contributed by atoms with Gasteiger partial charge in [-0.3, -0.25) is 29.0 Å². The lowest BCUT2D eigenvalue weighted by molar-refractivity contribution is -0.159. The van der Waals surface area contributed by atoms with E-state index in [0.29, 0.717) is 12.2 Å². The number of nitrogens with zero attached hydrogens (tertiary/aromatic N) is 4. The van der Waals surface area contributed by atoms with E-state index in [1.807, 2.05) is 0 Å². The van der Waals surface area contributed by atoms with E-state index in [0.717, 1.165) is 4.90 Å². The van der Waals surface area contributed by atoms with Gasteiger partial charge in [0.2, 0.25) is 5.91 Å². The third-order valence-electron chi connectivity index (χ3n) is 6.55. The summed E-state index contributed by atoms with van der Waals surface area (Å²) in [4.78, 5) is 80.0. The Hall–Kier alpha value is -3.61. The number of para-hydroxylation sites is 1. The van der Waals surface area contributed by atoms with Crippen LogP contribution in [-0.4, -0.2) is 104 Å². The number of benzene rings is 1. The molecular weight excluding hydrogens is 490 g/mol. The second-order valence-electron chi connectivity index (χ2n) is 9.14. The first-order chi connectivity index (χ1) is 17.0. The Bertz CT molecular complexity index is 1130. The number of thioether (sulfide) groups is 1. The largest absolute Gasteiger partial charge is 0.480 e. The van der Waals surface area contributed by atoms with Crippen molar-refractivity contribution in [2.24, 2.45) is 0 Å². The Morgan fingerprint density at radius 2 is 1.78 bits per heavy atom. The molecule has 12 nitrogen and oxygen atoms in total. The number of nitrogens with one attached hydrogen (secondary N) is 1. The van der Waals surface area contributed by atoms with Gasteiger partial charge in [0.05, 0.1) is 6.54 Å². The van der Waals surface area contributed by atoms with Crippen molar-refractivity contribution in [1.29, 1.82) is 0 Å². The molecule has 0 spiro atoms. The molecule has 0 saturated carbocycles. The molecule has 0 aromatic heterocycles. The van der Waals surface area contributed by atoms with Gasteiger partial charge < -0.3 is 20.2 Å². The number of likely N-dealkylation sites (N-methyl/N-ethyl adjacent to an activating group) is 1. The molecule has 6 amide bonds. The van der Waals surface area contributed by atoms with Crippen LogP contribution in [0.15, 0.2) is 30.3 Å². The van der Waals surface area contributed by atoms with Gasteiger partial charge in [0.25, 0.3) is 5.91 Å². The lowest BCUT2D eigenvalue weighted by Gasteiger charge is -2.48. The number of carboxylic acid groups (broad SMARTS) is 1. The van der Waals surface area contributed by atoms with Gasteiger partial charge in [-0.2, -0.15) is 0 Å². The van der Waals surface area contributed by atoms with Gasteiger partial charge in [-0.1, -0.05) is 18.2 Å². The third-order valence-corrected chi connectivity index (χ3v) is 8.11. The highest BCUT2D eigenvalue weighted by Gasteiger charge is 2.66. The molecule has 3 aliphatic rings. The highest BCUT2D eigenvalue weighted by atomic mass is 32.2. The van der Waals surface area contributed by atoms with Gasteiger partial charge in [0, 0.05) is 30.1 Å². The Morgan fingerprint density at radius 3 is 2.39 bits per heavy atom. The van der Waals surface area contributed by atoms with E-state index in [2.05, 4.69) is 5.32 Å². The first-order valence-corrected chi connectivity index (χ1v) is 12.4. The van der Waals surface area contributed by atoms with Gasteiger partial charge in [0.1, 0.15) is 17.5 Å². The van der Waals surface area contributed by atoms with E-state index in [9.17, 15) is 33.9 Å². The summed E-state index contributed by atoms with van der Waals surface area (Å²) < 4.78 is -0.770. The fraction of sp³-hybridized carbons (Fsp3) is 0.478. The maximum atomic E-state index is 13.4. The number of rotatable bonds is 6. The first kappa shape index (κ1) is 25.5. The molecule has 0 unspecified atom stereocenters. The van der Waals surface area contributed by atoms with Crippen LogP contribution in [0.1, 0.15) is 20.8 Å². The number of anilines is 1. The van der Waals surface area contributed by atoms with Crippen LogP contribution >= 0.6 is 11.8 Å². The summed E-state index contributed by atoms with van der Waals surface area (Å²) in [7, 11) is 0. The molecule has 3 fully saturated rings. The second-order valence-corrected chi connectivity index (χ2v) is 10.9. The number of aliphatic carboxylic acids is 1. The fourth-order valence-corrected chi connectivity index (χ4v) is 6.45. The molecule has 4 rings (SSSR count). The van der Waals surface area contributed by atoms with Crippen molar-refractivity contribution in [3.8, 4) is 0 Å². The molecule has 36 heavy (non-hydrogen) atoms. The molecular formula is C23H27N5O7S. The smallest absolute Gasteiger partial charge is 0.327 e. The second kappa shape index (κ2) is 9.45. The van der Waals surface area contributed by atoms with E-state index in [1.54, 1.807) is 51.1 Å². The van der Waals surface area contributed by atoms with Crippen molar-refractivity contribution in [3.05, 3.63) is 30.3 Å². The number of carboxylic acids is 1. The minimum absolute atomic E-state index is 0.00127. The van der Waals surface area contributed by atoms with Crippen molar-refractivity contribution < 1.29 is 33.9 Å². The molecule has 3 aliphatic heterocycles. The molecule has 3 atom stereocenters. The molecule has 1 aromatic carbocycles. The lowest BCUT2D eigenvalue weighted by atomic mass is 9.95. The maximum Gasteiger partial charge on any atom is 0.327 e. The standard InChI is InChI=1S/C23H27N5O7S/c1-4-25-10-11-26(19(32)18(25)31)22(35)24-12-14(29)27(13-8-6-5-7-9-13)15-17(30)28-16(21(33)34)23(2,3)36-20(15)28/h5-9,15-16,20H,4,10-12H2,1-3H3,(H,24,35)(H,33,34)/t15-,16+,20-/m1/s1. The van der Waals surface area contributed by atoms with Crippen molar-refractivity contribution in [2.75, 3.05) is 31.1 Å². The Balaban J connectivity index is 1.51. The van der Waals surface area contributed by atoms with Gasteiger partial charge in [0.15, 0.2) is 0 Å².